The Morgan fingerprint density at radius 1 is 0.287 bits per heavy atom. The van der Waals surface area contributed by atoms with Gasteiger partial charge in [-0.25, -0.2) is 43.2 Å². The maximum atomic E-state index is 12.3. The normalized spacial score (nSPS) is 9.76. The molecule has 0 bridgehead atoms. The van der Waals surface area contributed by atoms with Gasteiger partial charge in [0.25, 0.3) is 57.7 Å². The zero-order valence-corrected chi connectivity index (χ0v) is 66.4. The fraction of sp³-hybridized carbons (Fsp3) is 0. The summed E-state index contributed by atoms with van der Waals surface area (Å²) in [5, 5.41) is 97.3. The fourth-order valence-electron chi connectivity index (χ4n) is 10.1. The molecule has 129 heavy (non-hydrogen) atoms. The summed E-state index contributed by atoms with van der Waals surface area (Å²) < 4.78 is 45.7. The summed E-state index contributed by atoms with van der Waals surface area (Å²) in [6.07, 6.45) is 0. The Hall–Kier alpha value is -19.0. The smallest absolute Gasteiger partial charge is 0.371 e. The van der Waals surface area contributed by atoms with Crippen LogP contribution in [0.4, 0.5) is 5.69 Å². The van der Waals surface area contributed by atoms with Gasteiger partial charge in [0.1, 0.15) is 45.8 Å². The minimum absolute atomic E-state index is 0.0505. The first-order chi connectivity index (χ1) is 61.6. The number of furan rings is 1. The number of ketones is 1. The van der Waals surface area contributed by atoms with Crippen LogP contribution in [0, 0.1) is 0 Å². The number of rotatable bonds is 28. The SMILES string of the molecule is Nc1cc(C(=O)O)ccc1OC=O.O=COc1cc(Br)cc(C(=O)O)c1.O=COc1cc(O)c(C(=O)O)cc1O.O=COc1ccc(-c2ccc(C(=O)O)cc2)cc1.O=COc1ccc(C(=O)O)c2ccccc12.O=COc1ccc(C(=O)O)cc1.O=COc1ccc(C(=O)O)o1.O=COc1ccc2c(c1)C(=O)c1cc(C(=O)O)ccc1-2.O=COc1cccc(C(=O)O)c1. The third-order valence-corrected chi connectivity index (χ3v) is 16.2. The zero-order valence-electron chi connectivity index (χ0n) is 64.8. The van der Waals surface area contributed by atoms with Crippen LogP contribution >= 0.6 is 15.9 Å². The highest BCUT2D eigenvalue weighted by molar-refractivity contribution is 9.10. The summed E-state index contributed by atoms with van der Waals surface area (Å²) in [4.78, 5) is 197. The van der Waals surface area contributed by atoms with Crippen molar-refractivity contribution in [2.45, 2.75) is 0 Å². The van der Waals surface area contributed by atoms with E-state index in [2.05, 4.69) is 53.5 Å². The molecule has 13 rings (SSSR count). The predicted octanol–water partition coefficient (Wildman–Crippen LogP) is 11.7. The highest BCUT2D eigenvalue weighted by Crippen LogP contribution is 2.39. The van der Waals surface area contributed by atoms with Crippen molar-refractivity contribution in [1.29, 1.82) is 0 Å². The molecular weight excluding hydrogens is 1780 g/mol. The van der Waals surface area contributed by atoms with E-state index in [9.17, 15) is 91.1 Å². The molecule has 41 nitrogen and oxygen atoms in total. The first-order valence-corrected chi connectivity index (χ1v) is 35.5. The van der Waals surface area contributed by atoms with E-state index in [4.69, 9.17) is 71.4 Å². The van der Waals surface area contributed by atoms with Crippen LogP contribution in [0.2, 0.25) is 0 Å². The van der Waals surface area contributed by atoms with Gasteiger partial charge in [0.15, 0.2) is 23.0 Å². The van der Waals surface area contributed by atoms with Gasteiger partial charge in [0.2, 0.25) is 5.76 Å². The molecule has 0 spiro atoms. The third kappa shape index (κ3) is 31.2. The number of fused-ring (bicyclic) bond motifs is 4. The van der Waals surface area contributed by atoms with Crippen LogP contribution < -0.4 is 48.4 Å². The molecule has 0 saturated carbocycles. The van der Waals surface area contributed by atoms with E-state index in [1.807, 2.05) is 0 Å². The molecule has 0 fully saturated rings. The number of ether oxygens (including phenoxy) is 9. The summed E-state index contributed by atoms with van der Waals surface area (Å²) in [6, 6.07) is 55.8. The standard InChI is InChI=1S/C15H8O5.C14H10O4.C12H8O4.C8H5BrO4.C8H7NO4.C8H6O6.2C8H6O4.C6H4O5/c16-7-20-9-2-4-11-10-3-1-8(15(18)19)5-12(10)14(17)13(11)6-9;15-9-18-13-7-5-11(6-8-13)10-1-3-12(4-2-10)14(16)17;13-7-16-11-6-5-10(12(14)15)8-3-1-2-4-9(8)11;9-6-1-5(8(11)12)2-7(3-6)13-4-10;9-6-3-5(8(11)12)1-2-7(6)13-4-10;9-3-14-7-2-5(10)4(8(12)13)1-6(7)11;9-5-12-7-3-1-6(2-4-7)8(10)11;9-5-12-7-3-1-2-6(4-7)8(10)11;7-3-10-5-2-1-4(11-5)6(8)9/h1-7H,(H,18,19);1-9H,(H,16,17);1-7H,(H,14,15);1-4H,(H,11,12);1-4H,9H2,(H,11,12);1-3,10-11H,(H,12,13);2*1-5H,(H,10,11);1-3H,(H,8,9). The van der Waals surface area contributed by atoms with Crippen molar-refractivity contribution in [2.75, 3.05) is 5.73 Å². The first kappa shape index (κ1) is 101. The van der Waals surface area contributed by atoms with E-state index in [1.165, 1.54) is 127 Å². The van der Waals surface area contributed by atoms with Crippen LogP contribution in [0.25, 0.3) is 33.0 Å². The fourth-order valence-corrected chi connectivity index (χ4v) is 10.6. The number of aromatic hydroxyl groups is 2. The van der Waals surface area contributed by atoms with Crippen LogP contribution in [0.15, 0.2) is 239 Å². The van der Waals surface area contributed by atoms with Crippen molar-refractivity contribution in [1.82, 2.24) is 0 Å². The second-order valence-corrected chi connectivity index (χ2v) is 24.6. The van der Waals surface area contributed by atoms with Crippen LogP contribution in [0.3, 0.4) is 0 Å². The average molecular weight is 1840 g/mol. The highest BCUT2D eigenvalue weighted by atomic mass is 79.9. The largest absolute Gasteiger partial charge is 0.507 e. The summed E-state index contributed by atoms with van der Waals surface area (Å²) in [6.45, 7) is 2.20. The van der Waals surface area contributed by atoms with Gasteiger partial charge in [-0.1, -0.05) is 76.6 Å². The molecule has 13 N–H and O–H groups in total. The number of carboxylic acid groups (broad SMARTS) is 9. The molecule has 0 aliphatic heterocycles. The summed E-state index contributed by atoms with van der Waals surface area (Å²) >= 11 is 3.09. The first-order valence-electron chi connectivity index (χ1n) is 34.8. The molecule has 0 radical (unpaired) electrons. The average Bonchev–Trinajstić information content (AvgIpc) is 1.60. The number of hydrogen-bond donors (Lipinski definition) is 12. The number of benzene rings is 11. The van der Waals surface area contributed by atoms with E-state index in [0.29, 0.717) is 67.7 Å². The lowest BCUT2D eigenvalue weighted by atomic mass is 10.0. The van der Waals surface area contributed by atoms with Crippen molar-refractivity contribution in [3.05, 3.63) is 296 Å². The molecule has 0 amide bonds. The molecule has 12 aromatic rings. The quantitative estimate of drug-likeness (QED) is 0.0123. The number of nitrogen functional groups attached to an aromatic ring is 1. The predicted molar refractivity (Wildman–Crippen MR) is 440 cm³/mol. The number of carbonyl (C=O) groups excluding carboxylic acids is 10. The summed E-state index contributed by atoms with van der Waals surface area (Å²) in [7, 11) is 0. The van der Waals surface area contributed by atoms with Crippen molar-refractivity contribution in [3.63, 3.8) is 0 Å². The number of aromatic carboxylic acids is 9. The number of nitrogens with two attached hydrogens (primary N) is 1. The molecule has 42 heteroatoms. The molecule has 1 heterocycles. The van der Waals surface area contributed by atoms with Crippen LogP contribution in [0.1, 0.15) is 109 Å². The van der Waals surface area contributed by atoms with E-state index in [1.54, 1.807) is 91.0 Å². The summed E-state index contributed by atoms with van der Waals surface area (Å²) in [5.41, 5.74) is 9.88. The van der Waals surface area contributed by atoms with Crippen molar-refractivity contribution in [2.24, 2.45) is 0 Å². The van der Waals surface area contributed by atoms with Gasteiger partial charge in [-0.15, -0.1) is 0 Å². The number of halogens is 1. The topological polar surface area (TPSA) is 669 Å². The molecule has 660 valence electrons. The molecule has 0 saturated heterocycles. The second kappa shape index (κ2) is 50.9. The van der Waals surface area contributed by atoms with Crippen molar-refractivity contribution >= 4 is 150 Å². The van der Waals surface area contributed by atoms with E-state index in [0.717, 1.165) is 23.3 Å². The number of carbonyl (C=O) groups is 19. The number of carboxylic acids is 9. The van der Waals surface area contributed by atoms with Gasteiger partial charge in [-0.2, -0.15) is 0 Å². The second-order valence-electron chi connectivity index (χ2n) is 23.7. The number of hydrogen-bond acceptors (Lipinski definition) is 32. The van der Waals surface area contributed by atoms with Crippen LogP contribution in [-0.2, 0) is 43.2 Å². The van der Waals surface area contributed by atoms with Gasteiger partial charge in [0.05, 0.1) is 44.6 Å². The van der Waals surface area contributed by atoms with Gasteiger partial charge in [0, 0.05) is 39.2 Å². The Balaban J connectivity index is 0.000000259. The Labute approximate surface area is 728 Å². The molecule has 1 aromatic heterocycles. The molecular formula is C87H60BrNO40. The minimum Gasteiger partial charge on any atom is -0.507 e. The Morgan fingerprint density at radius 3 is 1.19 bits per heavy atom. The van der Waals surface area contributed by atoms with Crippen LogP contribution in [0.5, 0.6) is 63.4 Å². The third-order valence-electron chi connectivity index (χ3n) is 15.7. The van der Waals surface area contributed by atoms with E-state index >= 15 is 0 Å². The lowest BCUT2D eigenvalue weighted by Crippen LogP contribution is -2.00. The maximum Gasteiger partial charge on any atom is 0.371 e. The lowest BCUT2D eigenvalue weighted by molar-refractivity contribution is -0.122. The van der Waals surface area contributed by atoms with Gasteiger partial charge in [-0.05, 0) is 179 Å². The maximum absolute atomic E-state index is 12.3. The van der Waals surface area contributed by atoms with Crippen molar-refractivity contribution in [3.8, 4) is 85.7 Å². The monoisotopic (exact) mass is 1840 g/mol. The Kier molecular flexibility index (Phi) is 39.7. The van der Waals surface area contributed by atoms with Crippen LogP contribution in [-0.4, -0.2) is 174 Å². The lowest BCUT2D eigenvalue weighted by Gasteiger charge is -2.06. The highest BCUT2D eigenvalue weighted by Gasteiger charge is 2.28. The number of phenols is 2. The molecule has 0 unspecified atom stereocenters. The minimum atomic E-state index is -1.39. The van der Waals surface area contributed by atoms with E-state index < -0.39 is 70.8 Å². The number of phenolic OH excluding ortho intramolecular Hbond substituents is 1. The molecule has 1 aliphatic carbocycles. The molecule has 0 atom stereocenters. The zero-order chi connectivity index (χ0) is 95.4. The summed E-state index contributed by atoms with van der Waals surface area (Å²) in [5.74, 6) is -9.92. The van der Waals surface area contributed by atoms with Gasteiger partial charge < -0.3 is 109 Å². The Morgan fingerprint density at radius 2 is 0.690 bits per heavy atom. The van der Waals surface area contributed by atoms with E-state index in [-0.39, 0.29) is 136 Å². The van der Waals surface area contributed by atoms with Crippen molar-refractivity contribution < 1.29 is 194 Å². The molecule has 1 aliphatic rings. The number of anilines is 1. The van der Waals surface area contributed by atoms with Gasteiger partial charge in [-0.3, -0.25) is 47.9 Å². The Bertz CT molecular complexity index is 6140. The molecule has 11 aromatic carbocycles. The van der Waals surface area contributed by atoms with Gasteiger partial charge >= 0.3 is 60.2 Å².